The molecule has 0 saturated carbocycles. The van der Waals surface area contributed by atoms with Gasteiger partial charge in [0, 0.05) is 0 Å². The van der Waals surface area contributed by atoms with Gasteiger partial charge in [0.15, 0.2) is 0 Å². The van der Waals surface area contributed by atoms with Crippen molar-refractivity contribution in [1.82, 2.24) is 0 Å². The SMILES string of the molecule is C1=CC(C(C2C=CC=C2)C(C2C=CC=C2)C2C=CC=C2)C=C1. The monoisotopic (exact) mass is 286 g/mol. The molecule has 0 spiro atoms. The summed E-state index contributed by atoms with van der Waals surface area (Å²) in [5, 5.41) is 0. The maximum atomic E-state index is 2.38. The Balaban J connectivity index is 1.72. The third-order valence-corrected chi connectivity index (χ3v) is 5.33. The molecule has 0 atom stereocenters. The van der Waals surface area contributed by atoms with E-state index in [1.54, 1.807) is 0 Å². The van der Waals surface area contributed by atoms with Gasteiger partial charge >= 0.3 is 0 Å². The number of hydrogen-bond acceptors (Lipinski definition) is 0. The van der Waals surface area contributed by atoms with Gasteiger partial charge < -0.3 is 0 Å². The van der Waals surface area contributed by atoms with Crippen LogP contribution in [-0.4, -0.2) is 0 Å². The summed E-state index contributed by atoms with van der Waals surface area (Å²) in [6.07, 6.45) is 36.7. The van der Waals surface area contributed by atoms with Crippen molar-refractivity contribution in [2.45, 2.75) is 0 Å². The lowest BCUT2D eigenvalue weighted by Crippen LogP contribution is -2.34. The molecule has 110 valence electrons. The molecule has 0 amide bonds. The van der Waals surface area contributed by atoms with E-state index in [1.165, 1.54) is 0 Å². The fraction of sp³-hybridized carbons (Fsp3) is 0.273. The minimum Gasteiger partial charge on any atom is -0.0773 e. The van der Waals surface area contributed by atoms with Crippen LogP contribution in [0.2, 0.25) is 0 Å². The second-order valence-electron chi connectivity index (χ2n) is 6.54. The maximum Gasteiger partial charge on any atom is -0.000704 e. The van der Waals surface area contributed by atoms with E-state index in [9.17, 15) is 0 Å². The molecule has 0 heteroatoms. The van der Waals surface area contributed by atoms with Crippen molar-refractivity contribution in [3.05, 3.63) is 97.2 Å². The normalized spacial score (nSPS) is 23.9. The van der Waals surface area contributed by atoms with Crippen LogP contribution in [0.5, 0.6) is 0 Å². The van der Waals surface area contributed by atoms with Crippen molar-refractivity contribution < 1.29 is 0 Å². The first kappa shape index (κ1) is 13.6. The Labute approximate surface area is 133 Å². The molecule has 22 heavy (non-hydrogen) atoms. The quantitative estimate of drug-likeness (QED) is 0.652. The first-order chi connectivity index (χ1) is 10.9. The molecule has 4 aliphatic carbocycles. The van der Waals surface area contributed by atoms with Gasteiger partial charge in [-0.25, -0.2) is 0 Å². The zero-order valence-corrected chi connectivity index (χ0v) is 12.7. The molecule has 0 bridgehead atoms. The molecule has 0 unspecified atom stereocenters. The van der Waals surface area contributed by atoms with Crippen LogP contribution >= 0.6 is 0 Å². The highest BCUT2D eigenvalue weighted by Crippen LogP contribution is 2.45. The first-order valence-corrected chi connectivity index (χ1v) is 8.33. The van der Waals surface area contributed by atoms with E-state index >= 15 is 0 Å². The number of rotatable bonds is 5. The fourth-order valence-corrected chi connectivity index (χ4v) is 4.36. The van der Waals surface area contributed by atoms with Crippen molar-refractivity contribution >= 4 is 0 Å². The van der Waals surface area contributed by atoms with Gasteiger partial charge in [-0.15, -0.1) is 0 Å². The predicted molar refractivity (Wildman–Crippen MR) is 94.1 cm³/mol. The Bertz CT molecular complexity index is 486. The summed E-state index contributed by atoms with van der Waals surface area (Å²) in [4.78, 5) is 0. The first-order valence-electron chi connectivity index (χ1n) is 8.33. The lowest BCUT2D eigenvalue weighted by atomic mass is 9.65. The third-order valence-electron chi connectivity index (χ3n) is 5.33. The summed E-state index contributed by atoms with van der Waals surface area (Å²) in [7, 11) is 0. The molecule has 0 nitrogen and oxygen atoms in total. The van der Waals surface area contributed by atoms with Crippen LogP contribution in [0.3, 0.4) is 0 Å². The van der Waals surface area contributed by atoms with Gasteiger partial charge in [-0.05, 0) is 35.5 Å². The van der Waals surface area contributed by atoms with E-state index in [0.29, 0.717) is 35.5 Å². The van der Waals surface area contributed by atoms with Crippen molar-refractivity contribution in [3.8, 4) is 0 Å². The van der Waals surface area contributed by atoms with Crippen LogP contribution in [-0.2, 0) is 0 Å². The smallest absolute Gasteiger partial charge is 0.000704 e. The molecule has 4 rings (SSSR count). The van der Waals surface area contributed by atoms with E-state index in [-0.39, 0.29) is 0 Å². The van der Waals surface area contributed by atoms with E-state index in [4.69, 9.17) is 0 Å². The minimum absolute atomic E-state index is 0.534. The highest BCUT2D eigenvalue weighted by molar-refractivity contribution is 5.30. The van der Waals surface area contributed by atoms with Crippen molar-refractivity contribution in [2.75, 3.05) is 0 Å². The second kappa shape index (κ2) is 5.96. The van der Waals surface area contributed by atoms with Crippen LogP contribution in [0.1, 0.15) is 0 Å². The molecular formula is C22H22. The molecule has 0 N–H and O–H groups in total. The fourth-order valence-electron chi connectivity index (χ4n) is 4.36. The molecule has 4 aliphatic rings. The summed E-state index contributed by atoms with van der Waals surface area (Å²) in [5.74, 6) is 3.33. The summed E-state index contributed by atoms with van der Waals surface area (Å²) in [5.41, 5.74) is 0. The van der Waals surface area contributed by atoms with Crippen LogP contribution in [0.25, 0.3) is 0 Å². The molecule has 0 aliphatic heterocycles. The zero-order valence-electron chi connectivity index (χ0n) is 12.7. The molecule has 0 aromatic rings. The van der Waals surface area contributed by atoms with Gasteiger partial charge in [0.25, 0.3) is 0 Å². The zero-order chi connectivity index (χ0) is 14.8. The molecular weight excluding hydrogens is 264 g/mol. The minimum atomic E-state index is 0.534. The second-order valence-corrected chi connectivity index (χ2v) is 6.54. The largest absolute Gasteiger partial charge is 0.0773 e. The number of hydrogen-bond donors (Lipinski definition) is 0. The van der Waals surface area contributed by atoms with E-state index in [0.717, 1.165) is 0 Å². The number of allylic oxidation sites excluding steroid dienone is 16. The van der Waals surface area contributed by atoms with Gasteiger partial charge in [-0.2, -0.15) is 0 Å². The van der Waals surface area contributed by atoms with E-state index in [2.05, 4.69) is 97.2 Å². The maximum absolute atomic E-state index is 2.38. The highest BCUT2D eigenvalue weighted by atomic mass is 14.4. The van der Waals surface area contributed by atoms with Gasteiger partial charge in [0.1, 0.15) is 0 Å². The highest BCUT2D eigenvalue weighted by Gasteiger charge is 2.39. The van der Waals surface area contributed by atoms with Crippen molar-refractivity contribution in [2.24, 2.45) is 35.5 Å². The Morgan fingerprint density at radius 2 is 0.500 bits per heavy atom. The van der Waals surface area contributed by atoms with E-state index in [1.807, 2.05) is 0 Å². The summed E-state index contributed by atoms with van der Waals surface area (Å²) >= 11 is 0. The van der Waals surface area contributed by atoms with Gasteiger partial charge in [0.05, 0.1) is 0 Å². The van der Waals surface area contributed by atoms with Crippen molar-refractivity contribution in [3.63, 3.8) is 0 Å². The Kier molecular flexibility index (Phi) is 3.68. The van der Waals surface area contributed by atoms with Gasteiger partial charge in [-0.3, -0.25) is 0 Å². The van der Waals surface area contributed by atoms with Crippen LogP contribution in [0.4, 0.5) is 0 Å². The van der Waals surface area contributed by atoms with Crippen LogP contribution in [0, 0.1) is 35.5 Å². The Hall–Kier alpha value is -2.08. The Morgan fingerprint density at radius 3 is 0.682 bits per heavy atom. The standard InChI is InChI=1S/C22H22/c1-2-10-17(9-1)21(18-11-3-4-12-18)22(19-13-5-6-14-19)20-15-7-8-16-20/h1-22H. The average Bonchev–Trinajstić information content (AvgIpc) is 3.35. The van der Waals surface area contributed by atoms with Gasteiger partial charge in [0.2, 0.25) is 0 Å². The molecule has 0 fully saturated rings. The lowest BCUT2D eigenvalue weighted by Gasteiger charge is -2.39. The molecule has 0 saturated heterocycles. The van der Waals surface area contributed by atoms with Crippen LogP contribution in [0.15, 0.2) is 97.2 Å². The third kappa shape index (κ3) is 2.43. The van der Waals surface area contributed by atoms with Crippen molar-refractivity contribution in [1.29, 1.82) is 0 Å². The predicted octanol–water partition coefficient (Wildman–Crippen LogP) is 5.19. The molecule has 0 aromatic heterocycles. The summed E-state index contributed by atoms with van der Waals surface area (Å²) in [6, 6.07) is 0. The van der Waals surface area contributed by atoms with Crippen LogP contribution < -0.4 is 0 Å². The lowest BCUT2D eigenvalue weighted by molar-refractivity contribution is 0.196. The average molecular weight is 286 g/mol. The summed E-state index contributed by atoms with van der Waals surface area (Å²) < 4.78 is 0. The summed E-state index contributed by atoms with van der Waals surface area (Å²) in [6.45, 7) is 0. The van der Waals surface area contributed by atoms with Gasteiger partial charge in [-0.1, -0.05) is 97.2 Å². The molecule has 0 radical (unpaired) electrons. The van der Waals surface area contributed by atoms with E-state index < -0.39 is 0 Å². The topological polar surface area (TPSA) is 0 Å². The molecule has 0 heterocycles. The molecule has 0 aromatic carbocycles. The Morgan fingerprint density at radius 1 is 0.318 bits per heavy atom.